The van der Waals surface area contributed by atoms with Crippen LogP contribution in [0.25, 0.3) is 0 Å². The molecule has 1 N–H and O–H groups in total. The van der Waals surface area contributed by atoms with Crippen molar-refractivity contribution in [2.45, 2.75) is 39.8 Å². The third-order valence-corrected chi connectivity index (χ3v) is 2.56. The fourth-order valence-corrected chi connectivity index (χ4v) is 1.73. The van der Waals surface area contributed by atoms with E-state index in [1.165, 1.54) is 5.56 Å². The summed E-state index contributed by atoms with van der Waals surface area (Å²) >= 11 is 0. The molecule has 0 aliphatic heterocycles. The van der Waals surface area contributed by atoms with E-state index in [9.17, 15) is 0 Å². The maximum Gasteiger partial charge on any atom is 0.161 e. The molecule has 0 aliphatic carbocycles. The van der Waals surface area contributed by atoms with Gasteiger partial charge in [0.25, 0.3) is 0 Å². The van der Waals surface area contributed by atoms with Crippen molar-refractivity contribution in [3.8, 4) is 11.5 Å². The first-order valence-corrected chi connectivity index (χ1v) is 6.16. The number of hydrogen-bond acceptors (Lipinski definition) is 3. The molecule has 96 valence electrons. The molecular weight excluding hydrogens is 214 g/mol. The average molecular weight is 237 g/mol. The first-order valence-electron chi connectivity index (χ1n) is 6.16. The molecule has 0 saturated carbocycles. The highest BCUT2D eigenvalue weighted by Gasteiger charge is 2.10. The zero-order chi connectivity index (χ0) is 12.8. The van der Waals surface area contributed by atoms with Crippen LogP contribution in [0.15, 0.2) is 18.2 Å². The van der Waals surface area contributed by atoms with Crippen LogP contribution in [0.2, 0.25) is 0 Å². The molecule has 0 aromatic heterocycles. The van der Waals surface area contributed by atoms with Crippen LogP contribution in [0.3, 0.4) is 0 Å². The molecule has 1 aromatic carbocycles. The number of methoxy groups -OCH3 is 1. The molecule has 1 aromatic rings. The van der Waals surface area contributed by atoms with Gasteiger partial charge < -0.3 is 14.8 Å². The van der Waals surface area contributed by atoms with Crippen molar-refractivity contribution < 1.29 is 9.47 Å². The van der Waals surface area contributed by atoms with E-state index in [1.54, 1.807) is 7.11 Å². The normalized spacial score (nSPS) is 12.6. The van der Waals surface area contributed by atoms with Crippen LogP contribution in [-0.4, -0.2) is 19.8 Å². The Bertz CT molecular complexity index is 350. The zero-order valence-corrected chi connectivity index (χ0v) is 11.4. The molecule has 1 rings (SSSR count). The SMILES string of the molecule is CCNC(C)c1ccc(OC(C)C)c(OC)c1. The smallest absolute Gasteiger partial charge is 0.161 e. The van der Waals surface area contributed by atoms with Gasteiger partial charge in [0, 0.05) is 6.04 Å². The van der Waals surface area contributed by atoms with Crippen LogP contribution >= 0.6 is 0 Å². The summed E-state index contributed by atoms with van der Waals surface area (Å²) in [6.07, 6.45) is 0.154. The second-order valence-corrected chi connectivity index (χ2v) is 4.36. The van der Waals surface area contributed by atoms with Gasteiger partial charge in [-0.2, -0.15) is 0 Å². The third kappa shape index (κ3) is 3.93. The summed E-state index contributed by atoms with van der Waals surface area (Å²) < 4.78 is 11.0. The van der Waals surface area contributed by atoms with Crippen molar-refractivity contribution in [3.63, 3.8) is 0 Å². The van der Waals surface area contributed by atoms with Gasteiger partial charge in [-0.25, -0.2) is 0 Å². The van der Waals surface area contributed by atoms with Crippen LogP contribution in [0.4, 0.5) is 0 Å². The highest BCUT2D eigenvalue weighted by molar-refractivity contribution is 5.43. The van der Waals surface area contributed by atoms with Crippen LogP contribution in [0, 0.1) is 0 Å². The van der Waals surface area contributed by atoms with Crippen molar-refractivity contribution >= 4 is 0 Å². The summed E-state index contributed by atoms with van der Waals surface area (Å²) in [6.45, 7) is 9.21. The largest absolute Gasteiger partial charge is 0.493 e. The Kier molecular flexibility index (Phi) is 5.29. The highest BCUT2D eigenvalue weighted by atomic mass is 16.5. The number of ether oxygens (including phenoxy) is 2. The maximum atomic E-state index is 5.69. The second kappa shape index (κ2) is 6.50. The highest BCUT2D eigenvalue weighted by Crippen LogP contribution is 2.30. The maximum absolute atomic E-state index is 5.69. The Labute approximate surface area is 104 Å². The van der Waals surface area contributed by atoms with E-state index in [0.717, 1.165) is 18.0 Å². The summed E-state index contributed by atoms with van der Waals surface area (Å²) in [5.74, 6) is 1.59. The quantitative estimate of drug-likeness (QED) is 0.824. The fourth-order valence-electron chi connectivity index (χ4n) is 1.73. The lowest BCUT2D eigenvalue weighted by Gasteiger charge is -2.17. The predicted octanol–water partition coefficient (Wildman–Crippen LogP) is 3.15. The number of nitrogens with one attached hydrogen (secondary N) is 1. The Morgan fingerprint density at radius 2 is 1.88 bits per heavy atom. The van der Waals surface area contributed by atoms with Gasteiger partial charge in [-0.15, -0.1) is 0 Å². The van der Waals surface area contributed by atoms with Gasteiger partial charge in [-0.3, -0.25) is 0 Å². The molecule has 0 fully saturated rings. The molecule has 17 heavy (non-hydrogen) atoms. The molecule has 0 aliphatic rings. The van der Waals surface area contributed by atoms with Gasteiger partial charge in [-0.05, 0) is 45.0 Å². The van der Waals surface area contributed by atoms with Gasteiger partial charge >= 0.3 is 0 Å². The Morgan fingerprint density at radius 3 is 2.41 bits per heavy atom. The van der Waals surface area contributed by atoms with Gasteiger partial charge in [0.05, 0.1) is 13.2 Å². The van der Waals surface area contributed by atoms with Crippen molar-refractivity contribution in [1.29, 1.82) is 0 Å². The van der Waals surface area contributed by atoms with Crippen LogP contribution in [0.1, 0.15) is 39.3 Å². The molecule has 3 heteroatoms. The summed E-state index contributed by atoms with van der Waals surface area (Å²) in [5.41, 5.74) is 1.21. The van der Waals surface area contributed by atoms with E-state index in [0.29, 0.717) is 6.04 Å². The fraction of sp³-hybridized carbons (Fsp3) is 0.571. The lowest BCUT2D eigenvalue weighted by atomic mass is 10.1. The van der Waals surface area contributed by atoms with Crippen LogP contribution < -0.4 is 14.8 Å². The van der Waals surface area contributed by atoms with Crippen molar-refractivity contribution in [2.24, 2.45) is 0 Å². The van der Waals surface area contributed by atoms with Gasteiger partial charge in [0.1, 0.15) is 0 Å². The minimum absolute atomic E-state index is 0.154. The molecule has 0 heterocycles. The topological polar surface area (TPSA) is 30.5 Å². The first kappa shape index (κ1) is 13.8. The van der Waals surface area contributed by atoms with Crippen molar-refractivity contribution in [3.05, 3.63) is 23.8 Å². The molecular formula is C14H23NO2. The second-order valence-electron chi connectivity index (χ2n) is 4.36. The Morgan fingerprint density at radius 1 is 1.18 bits per heavy atom. The predicted molar refractivity (Wildman–Crippen MR) is 70.8 cm³/mol. The number of rotatable bonds is 6. The average Bonchev–Trinajstić information content (AvgIpc) is 2.29. The minimum atomic E-state index is 0.154. The van der Waals surface area contributed by atoms with E-state index in [-0.39, 0.29) is 6.10 Å². The Hall–Kier alpha value is -1.22. The first-order chi connectivity index (χ1) is 8.08. The van der Waals surface area contributed by atoms with E-state index in [1.807, 2.05) is 26.0 Å². The summed E-state index contributed by atoms with van der Waals surface area (Å²) in [7, 11) is 1.67. The lowest BCUT2D eigenvalue weighted by Crippen LogP contribution is -2.17. The molecule has 0 amide bonds. The molecule has 1 atom stereocenters. The zero-order valence-electron chi connectivity index (χ0n) is 11.4. The van der Waals surface area contributed by atoms with Crippen LogP contribution in [-0.2, 0) is 0 Å². The van der Waals surface area contributed by atoms with Gasteiger partial charge in [0.2, 0.25) is 0 Å². The van der Waals surface area contributed by atoms with Crippen molar-refractivity contribution in [1.82, 2.24) is 5.32 Å². The summed E-state index contributed by atoms with van der Waals surface area (Å²) in [4.78, 5) is 0. The Balaban J connectivity index is 2.91. The lowest BCUT2D eigenvalue weighted by molar-refractivity contribution is 0.230. The molecule has 1 unspecified atom stereocenters. The molecule has 0 bridgehead atoms. The molecule has 3 nitrogen and oxygen atoms in total. The standard InChI is InChI=1S/C14H23NO2/c1-6-15-11(4)12-7-8-13(17-10(2)3)14(9-12)16-5/h7-11,15H,6H2,1-5H3. The minimum Gasteiger partial charge on any atom is -0.493 e. The monoisotopic (exact) mass is 237 g/mol. The summed E-state index contributed by atoms with van der Waals surface area (Å²) in [5, 5.41) is 3.38. The molecule has 0 radical (unpaired) electrons. The number of benzene rings is 1. The van der Waals surface area contributed by atoms with Crippen molar-refractivity contribution in [2.75, 3.05) is 13.7 Å². The number of hydrogen-bond donors (Lipinski definition) is 1. The summed E-state index contributed by atoms with van der Waals surface area (Å²) in [6, 6.07) is 6.41. The third-order valence-electron chi connectivity index (χ3n) is 2.56. The van der Waals surface area contributed by atoms with Gasteiger partial charge in [-0.1, -0.05) is 13.0 Å². The van der Waals surface area contributed by atoms with E-state index in [2.05, 4.69) is 25.2 Å². The van der Waals surface area contributed by atoms with E-state index < -0.39 is 0 Å². The van der Waals surface area contributed by atoms with Gasteiger partial charge in [0.15, 0.2) is 11.5 Å². The van der Waals surface area contributed by atoms with Crippen LogP contribution in [0.5, 0.6) is 11.5 Å². The molecule has 0 saturated heterocycles. The van der Waals surface area contributed by atoms with E-state index in [4.69, 9.17) is 9.47 Å². The molecule has 0 spiro atoms. The van der Waals surface area contributed by atoms with E-state index >= 15 is 0 Å².